The van der Waals surface area contributed by atoms with E-state index in [2.05, 4.69) is 78.6 Å². The summed E-state index contributed by atoms with van der Waals surface area (Å²) < 4.78 is 1.90. The zero-order valence-electron chi connectivity index (χ0n) is 12.6. The van der Waals surface area contributed by atoms with Crippen LogP contribution in [-0.2, 0) is 0 Å². The van der Waals surface area contributed by atoms with Crippen molar-refractivity contribution in [3.8, 4) is 0 Å². The normalized spacial score (nSPS) is 12.8. The second-order valence-corrected chi connectivity index (χ2v) is 7.29. The van der Waals surface area contributed by atoms with E-state index >= 15 is 0 Å². The molecule has 0 spiro atoms. The number of halogens is 2. The average Bonchev–Trinajstić information content (AvgIpc) is 3.00. The molecular formula is C19H13Br2N3. The van der Waals surface area contributed by atoms with Gasteiger partial charge in [-0.2, -0.15) is 0 Å². The van der Waals surface area contributed by atoms with Crippen LogP contribution in [0.2, 0.25) is 0 Å². The Balaban J connectivity index is 1.73. The van der Waals surface area contributed by atoms with E-state index < -0.39 is 0 Å². The van der Waals surface area contributed by atoms with E-state index in [0.29, 0.717) is 5.96 Å². The van der Waals surface area contributed by atoms with Crippen molar-refractivity contribution in [3.63, 3.8) is 0 Å². The Kier molecular flexibility index (Phi) is 3.90. The quantitative estimate of drug-likeness (QED) is 0.299. The zero-order chi connectivity index (χ0) is 16.7. The Hall–Kier alpha value is -2.11. The van der Waals surface area contributed by atoms with Gasteiger partial charge in [0.05, 0.1) is 11.4 Å². The fourth-order valence-corrected chi connectivity index (χ4v) is 3.60. The predicted molar refractivity (Wildman–Crippen MR) is 110 cm³/mol. The van der Waals surface area contributed by atoms with Crippen LogP contribution in [0.25, 0.3) is 22.9 Å². The highest BCUT2D eigenvalue weighted by Crippen LogP contribution is 2.37. The number of benzene rings is 3. The fourth-order valence-electron chi connectivity index (χ4n) is 2.89. The Morgan fingerprint density at radius 3 is 2.75 bits per heavy atom. The Bertz CT molecular complexity index is 1020. The first kappa shape index (κ1) is 15.4. The van der Waals surface area contributed by atoms with Crippen LogP contribution in [0.15, 0.2) is 62.5 Å². The molecule has 0 saturated carbocycles. The molecule has 1 aliphatic rings. The van der Waals surface area contributed by atoms with Crippen molar-refractivity contribution < 1.29 is 0 Å². The van der Waals surface area contributed by atoms with Gasteiger partial charge in [-0.15, -0.1) is 0 Å². The smallest absolute Gasteiger partial charge is 0.198 e. The SMILES string of the molecule is NC(=Nc1ccc2cccc3c2c1C=C3)Nc1cc(Br)ccc1Br. The number of hydrogen-bond acceptors (Lipinski definition) is 1. The van der Waals surface area contributed by atoms with Crippen LogP contribution in [0.5, 0.6) is 0 Å². The first-order valence-electron chi connectivity index (χ1n) is 7.42. The van der Waals surface area contributed by atoms with E-state index in [0.717, 1.165) is 25.9 Å². The lowest BCUT2D eigenvalue weighted by Gasteiger charge is -2.10. The summed E-state index contributed by atoms with van der Waals surface area (Å²) in [5, 5.41) is 5.59. The van der Waals surface area contributed by atoms with E-state index in [1.54, 1.807) is 0 Å². The number of anilines is 1. The molecule has 0 heterocycles. The maximum atomic E-state index is 6.12. The molecule has 5 heteroatoms. The van der Waals surface area contributed by atoms with E-state index in [-0.39, 0.29) is 0 Å². The second-order valence-electron chi connectivity index (χ2n) is 5.52. The highest BCUT2D eigenvalue weighted by molar-refractivity contribution is 9.11. The molecular weight excluding hydrogens is 430 g/mol. The number of nitrogens with zero attached hydrogens (tertiary/aromatic N) is 1. The van der Waals surface area contributed by atoms with Gasteiger partial charge >= 0.3 is 0 Å². The molecule has 0 amide bonds. The first-order chi connectivity index (χ1) is 11.6. The van der Waals surface area contributed by atoms with Crippen LogP contribution in [0.4, 0.5) is 11.4 Å². The highest BCUT2D eigenvalue weighted by Gasteiger charge is 2.13. The summed E-state index contributed by atoms with van der Waals surface area (Å²) in [6.07, 6.45) is 4.21. The van der Waals surface area contributed by atoms with Crippen molar-refractivity contribution in [3.05, 3.63) is 68.6 Å². The maximum Gasteiger partial charge on any atom is 0.198 e. The zero-order valence-corrected chi connectivity index (χ0v) is 15.7. The molecule has 0 aromatic heterocycles. The molecule has 0 radical (unpaired) electrons. The molecule has 24 heavy (non-hydrogen) atoms. The van der Waals surface area contributed by atoms with Gasteiger partial charge in [0.2, 0.25) is 0 Å². The number of aliphatic imine (C=N–C) groups is 1. The predicted octanol–water partition coefficient (Wildman–Crippen LogP) is 5.91. The van der Waals surface area contributed by atoms with Crippen molar-refractivity contribution in [1.82, 2.24) is 0 Å². The molecule has 3 aromatic rings. The molecule has 3 N–H and O–H groups in total. The van der Waals surface area contributed by atoms with Crippen LogP contribution in [0, 0.1) is 0 Å². The van der Waals surface area contributed by atoms with Gasteiger partial charge in [0.15, 0.2) is 5.96 Å². The minimum atomic E-state index is 0.349. The number of nitrogens with two attached hydrogens (primary N) is 1. The van der Waals surface area contributed by atoms with Gasteiger partial charge < -0.3 is 11.1 Å². The highest BCUT2D eigenvalue weighted by atomic mass is 79.9. The lowest BCUT2D eigenvalue weighted by Crippen LogP contribution is -2.22. The monoisotopic (exact) mass is 441 g/mol. The van der Waals surface area contributed by atoms with Gasteiger partial charge in [-0.3, -0.25) is 0 Å². The third kappa shape index (κ3) is 2.74. The first-order valence-corrected chi connectivity index (χ1v) is 9.00. The van der Waals surface area contributed by atoms with Crippen LogP contribution in [0.1, 0.15) is 11.1 Å². The molecule has 3 aromatic carbocycles. The number of hydrogen-bond donors (Lipinski definition) is 2. The van der Waals surface area contributed by atoms with Gasteiger partial charge in [-0.05, 0) is 56.5 Å². The number of nitrogens with one attached hydrogen (secondary N) is 1. The van der Waals surface area contributed by atoms with E-state index in [1.165, 1.54) is 16.3 Å². The molecule has 3 nitrogen and oxygen atoms in total. The van der Waals surface area contributed by atoms with Gasteiger partial charge in [-0.1, -0.05) is 52.3 Å². The number of rotatable bonds is 2. The van der Waals surface area contributed by atoms with Gasteiger partial charge in [0.1, 0.15) is 0 Å². The van der Waals surface area contributed by atoms with Gasteiger partial charge in [-0.25, -0.2) is 4.99 Å². The topological polar surface area (TPSA) is 50.4 Å². The molecule has 0 atom stereocenters. The molecule has 0 unspecified atom stereocenters. The van der Waals surface area contributed by atoms with Crippen LogP contribution in [0.3, 0.4) is 0 Å². The summed E-state index contributed by atoms with van der Waals surface area (Å²) in [5.41, 5.74) is 10.2. The minimum Gasteiger partial charge on any atom is -0.369 e. The molecule has 4 rings (SSSR count). The summed E-state index contributed by atoms with van der Waals surface area (Å²) in [4.78, 5) is 4.58. The van der Waals surface area contributed by atoms with E-state index in [9.17, 15) is 0 Å². The Labute approximate surface area is 156 Å². The summed E-state index contributed by atoms with van der Waals surface area (Å²) in [6.45, 7) is 0. The summed E-state index contributed by atoms with van der Waals surface area (Å²) >= 11 is 6.97. The summed E-state index contributed by atoms with van der Waals surface area (Å²) in [6, 6.07) is 16.2. The van der Waals surface area contributed by atoms with Crippen LogP contribution >= 0.6 is 31.9 Å². The third-order valence-corrected chi connectivity index (χ3v) is 5.14. The second kappa shape index (κ2) is 6.07. The average molecular weight is 443 g/mol. The van der Waals surface area contributed by atoms with E-state index in [4.69, 9.17) is 5.73 Å². The maximum absolute atomic E-state index is 6.12. The molecule has 0 saturated heterocycles. The summed E-state index contributed by atoms with van der Waals surface area (Å²) in [5.74, 6) is 0.349. The van der Waals surface area contributed by atoms with E-state index in [1.807, 2.05) is 24.3 Å². The molecule has 118 valence electrons. The van der Waals surface area contributed by atoms with Crippen molar-refractivity contribution in [2.45, 2.75) is 0 Å². The molecule has 0 fully saturated rings. The number of guanidine groups is 1. The van der Waals surface area contributed by atoms with Crippen LogP contribution in [-0.4, -0.2) is 5.96 Å². The third-order valence-electron chi connectivity index (χ3n) is 3.96. The largest absolute Gasteiger partial charge is 0.369 e. The lowest BCUT2D eigenvalue weighted by molar-refractivity contribution is 1.43. The molecule has 0 aliphatic heterocycles. The van der Waals surface area contributed by atoms with Gasteiger partial charge in [0.25, 0.3) is 0 Å². The van der Waals surface area contributed by atoms with Crippen LogP contribution < -0.4 is 11.1 Å². The standard InChI is InChI=1S/C19H13Br2N3/c20-13-6-8-15(21)17(10-13)24-19(22)23-16-9-5-12-3-1-2-11-4-7-14(16)18(11)12/h1-10H,(H3,22,23,24). The minimum absolute atomic E-state index is 0.349. The fraction of sp³-hybridized carbons (Fsp3) is 0. The Morgan fingerprint density at radius 1 is 1.00 bits per heavy atom. The summed E-state index contributed by atoms with van der Waals surface area (Å²) in [7, 11) is 0. The molecule has 0 bridgehead atoms. The van der Waals surface area contributed by atoms with Gasteiger partial charge in [0, 0.05) is 14.5 Å². The molecule has 1 aliphatic carbocycles. The van der Waals surface area contributed by atoms with Crippen molar-refractivity contribution >= 4 is 72.1 Å². The van der Waals surface area contributed by atoms with Crippen molar-refractivity contribution in [1.29, 1.82) is 0 Å². The van der Waals surface area contributed by atoms with Crippen molar-refractivity contribution in [2.75, 3.05) is 5.32 Å². The Morgan fingerprint density at radius 2 is 1.88 bits per heavy atom. The lowest BCUT2D eigenvalue weighted by atomic mass is 10.0. The van der Waals surface area contributed by atoms with Crippen molar-refractivity contribution in [2.24, 2.45) is 10.7 Å².